The van der Waals surface area contributed by atoms with Gasteiger partial charge in [0.05, 0.1) is 0 Å². The highest BCUT2D eigenvalue weighted by Crippen LogP contribution is 2.37. The maximum absolute atomic E-state index is 12.7. The van der Waals surface area contributed by atoms with Gasteiger partial charge in [-0.25, -0.2) is 9.78 Å². The number of carbonyl (C=O) groups excluding carboxylic acids is 1. The lowest BCUT2D eigenvalue weighted by Gasteiger charge is -2.07. The van der Waals surface area contributed by atoms with Crippen LogP contribution >= 0.6 is 11.3 Å². The van der Waals surface area contributed by atoms with Crippen LogP contribution in [-0.4, -0.2) is 22.0 Å². The lowest BCUT2D eigenvalue weighted by molar-refractivity contribution is 0.0699. The SMILES string of the molecule is O=C(Nc1scc(-c2ccc(Oc3ccccc3)cc2)c1C(=O)O)c1nc2ccccc2o1. The zero-order valence-electron chi connectivity index (χ0n) is 17.0. The predicted molar refractivity (Wildman–Crippen MR) is 125 cm³/mol. The van der Waals surface area contributed by atoms with Gasteiger partial charge < -0.3 is 19.6 Å². The van der Waals surface area contributed by atoms with E-state index >= 15 is 0 Å². The van der Waals surface area contributed by atoms with Crippen molar-refractivity contribution >= 4 is 39.3 Å². The molecule has 0 aliphatic heterocycles. The van der Waals surface area contributed by atoms with Crippen molar-refractivity contribution < 1.29 is 23.8 Å². The Morgan fingerprint density at radius 3 is 2.33 bits per heavy atom. The summed E-state index contributed by atoms with van der Waals surface area (Å²) in [6, 6.07) is 23.4. The number of amides is 1. The molecule has 162 valence electrons. The molecule has 2 aromatic heterocycles. The molecule has 0 bridgehead atoms. The molecule has 5 aromatic rings. The molecule has 0 saturated carbocycles. The molecule has 0 atom stereocenters. The number of carboxylic acid groups (broad SMARTS) is 1. The van der Waals surface area contributed by atoms with Crippen LogP contribution in [0.4, 0.5) is 5.00 Å². The molecule has 0 radical (unpaired) electrons. The fourth-order valence-corrected chi connectivity index (χ4v) is 4.28. The lowest BCUT2D eigenvalue weighted by atomic mass is 10.0. The molecule has 0 unspecified atom stereocenters. The molecule has 0 aliphatic rings. The molecule has 3 aromatic carbocycles. The number of aromatic carboxylic acids is 1. The van der Waals surface area contributed by atoms with Crippen LogP contribution in [0, 0.1) is 0 Å². The maximum atomic E-state index is 12.7. The maximum Gasteiger partial charge on any atom is 0.339 e. The number of ether oxygens (including phenoxy) is 1. The second-order valence-electron chi connectivity index (χ2n) is 7.04. The van der Waals surface area contributed by atoms with E-state index in [1.54, 1.807) is 53.9 Å². The van der Waals surface area contributed by atoms with E-state index in [0.717, 1.165) is 11.3 Å². The standard InChI is InChI=1S/C25H16N2O5S/c28-22(23-26-19-8-4-5-9-20(19)32-23)27-24-21(25(29)30)18(14-33-24)15-10-12-17(13-11-15)31-16-6-2-1-3-7-16/h1-14H,(H,27,28)(H,29,30). The summed E-state index contributed by atoms with van der Waals surface area (Å²) in [4.78, 5) is 28.8. The van der Waals surface area contributed by atoms with Crippen LogP contribution in [0.2, 0.25) is 0 Å². The first-order chi connectivity index (χ1) is 16.1. The van der Waals surface area contributed by atoms with E-state index in [1.165, 1.54) is 0 Å². The van der Waals surface area contributed by atoms with E-state index < -0.39 is 11.9 Å². The Morgan fingerprint density at radius 1 is 0.909 bits per heavy atom. The first kappa shape index (κ1) is 20.5. The number of carboxylic acids is 1. The smallest absolute Gasteiger partial charge is 0.339 e. The van der Waals surface area contributed by atoms with Crippen molar-refractivity contribution in [2.24, 2.45) is 0 Å². The highest BCUT2D eigenvalue weighted by atomic mass is 32.1. The van der Waals surface area contributed by atoms with Gasteiger partial charge in [-0.15, -0.1) is 11.3 Å². The first-order valence-electron chi connectivity index (χ1n) is 9.93. The zero-order chi connectivity index (χ0) is 22.8. The van der Waals surface area contributed by atoms with E-state index in [-0.39, 0.29) is 16.5 Å². The number of hydrogen-bond acceptors (Lipinski definition) is 6. The Kier molecular flexibility index (Phi) is 5.34. The largest absolute Gasteiger partial charge is 0.478 e. The molecule has 0 aliphatic carbocycles. The van der Waals surface area contributed by atoms with Gasteiger partial charge in [-0.2, -0.15) is 0 Å². The summed E-state index contributed by atoms with van der Waals surface area (Å²) in [7, 11) is 0. The number of nitrogens with one attached hydrogen (secondary N) is 1. The van der Waals surface area contributed by atoms with Crippen LogP contribution < -0.4 is 10.1 Å². The number of aromatic nitrogens is 1. The van der Waals surface area contributed by atoms with Gasteiger partial charge in [0.15, 0.2) is 5.58 Å². The third-order valence-electron chi connectivity index (χ3n) is 4.86. The number of oxazole rings is 1. The Labute approximate surface area is 191 Å². The number of fused-ring (bicyclic) bond motifs is 1. The minimum Gasteiger partial charge on any atom is -0.478 e. The summed E-state index contributed by atoms with van der Waals surface area (Å²) in [5.74, 6) is -0.569. The highest BCUT2D eigenvalue weighted by Gasteiger charge is 2.23. The van der Waals surface area contributed by atoms with Gasteiger partial charge in [0.25, 0.3) is 5.89 Å². The summed E-state index contributed by atoms with van der Waals surface area (Å²) in [5, 5.41) is 14.4. The summed E-state index contributed by atoms with van der Waals surface area (Å²) < 4.78 is 11.3. The molecule has 2 heterocycles. The minimum absolute atomic E-state index is 0.00110. The van der Waals surface area contributed by atoms with Crippen molar-refractivity contribution in [2.45, 2.75) is 0 Å². The molecule has 0 fully saturated rings. The van der Waals surface area contributed by atoms with E-state index in [1.807, 2.05) is 30.3 Å². The molecule has 7 nitrogen and oxygen atoms in total. The predicted octanol–water partition coefficient (Wildman–Crippen LogP) is 6.30. The highest BCUT2D eigenvalue weighted by molar-refractivity contribution is 7.15. The van der Waals surface area contributed by atoms with Crippen LogP contribution in [0.5, 0.6) is 11.5 Å². The van der Waals surface area contributed by atoms with Gasteiger partial charge in [0, 0.05) is 10.9 Å². The second kappa shape index (κ2) is 8.60. The number of nitrogens with zero attached hydrogens (tertiary/aromatic N) is 1. The molecular weight excluding hydrogens is 440 g/mol. The third kappa shape index (κ3) is 4.19. The minimum atomic E-state index is -1.15. The number of thiophene rings is 1. The Hall–Kier alpha value is -4.43. The molecule has 8 heteroatoms. The molecule has 1 amide bonds. The molecule has 0 saturated heterocycles. The van der Waals surface area contributed by atoms with Gasteiger partial charge in [-0.3, -0.25) is 4.79 Å². The van der Waals surface area contributed by atoms with Gasteiger partial charge in [-0.05, 0) is 42.0 Å². The Morgan fingerprint density at radius 2 is 1.61 bits per heavy atom. The Bertz CT molecular complexity index is 1420. The van der Waals surface area contributed by atoms with Crippen LogP contribution in [0.3, 0.4) is 0 Å². The number of rotatable bonds is 6. The number of hydrogen-bond donors (Lipinski definition) is 2. The van der Waals surface area contributed by atoms with Crippen molar-refractivity contribution in [3.05, 3.63) is 95.7 Å². The number of para-hydroxylation sites is 3. The summed E-state index contributed by atoms with van der Waals surface area (Å²) >= 11 is 1.12. The number of benzene rings is 3. The summed E-state index contributed by atoms with van der Waals surface area (Å²) in [5.41, 5.74) is 2.20. The number of carbonyl (C=O) groups is 2. The summed E-state index contributed by atoms with van der Waals surface area (Å²) in [6.45, 7) is 0. The number of anilines is 1. The van der Waals surface area contributed by atoms with Gasteiger partial charge >= 0.3 is 11.9 Å². The molecule has 2 N–H and O–H groups in total. The van der Waals surface area contributed by atoms with Crippen LogP contribution in [-0.2, 0) is 0 Å². The van der Waals surface area contributed by atoms with Crippen molar-refractivity contribution in [2.75, 3.05) is 5.32 Å². The molecule has 33 heavy (non-hydrogen) atoms. The normalized spacial score (nSPS) is 10.8. The van der Waals surface area contributed by atoms with E-state index in [0.29, 0.717) is 33.7 Å². The monoisotopic (exact) mass is 456 g/mol. The average molecular weight is 456 g/mol. The van der Waals surface area contributed by atoms with Gasteiger partial charge in [-0.1, -0.05) is 42.5 Å². The molecular formula is C25H16N2O5S. The molecule has 5 rings (SSSR count). The van der Waals surface area contributed by atoms with Crippen molar-refractivity contribution in [3.63, 3.8) is 0 Å². The van der Waals surface area contributed by atoms with Crippen molar-refractivity contribution in [1.82, 2.24) is 4.98 Å². The second-order valence-corrected chi connectivity index (χ2v) is 7.92. The molecule has 0 spiro atoms. The Balaban J connectivity index is 1.40. The fraction of sp³-hybridized carbons (Fsp3) is 0. The average Bonchev–Trinajstić information content (AvgIpc) is 3.45. The van der Waals surface area contributed by atoms with E-state index in [4.69, 9.17) is 9.15 Å². The van der Waals surface area contributed by atoms with Crippen molar-refractivity contribution in [1.29, 1.82) is 0 Å². The van der Waals surface area contributed by atoms with Gasteiger partial charge in [0.2, 0.25) is 0 Å². The summed E-state index contributed by atoms with van der Waals surface area (Å²) in [6.07, 6.45) is 0. The van der Waals surface area contributed by atoms with E-state index in [2.05, 4.69) is 10.3 Å². The van der Waals surface area contributed by atoms with Gasteiger partial charge in [0.1, 0.15) is 27.6 Å². The first-order valence-corrected chi connectivity index (χ1v) is 10.8. The van der Waals surface area contributed by atoms with Crippen LogP contribution in [0.25, 0.3) is 22.2 Å². The fourth-order valence-electron chi connectivity index (χ4n) is 3.33. The van der Waals surface area contributed by atoms with Crippen LogP contribution in [0.1, 0.15) is 21.0 Å². The van der Waals surface area contributed by atoms with E-state index in [9.17, 15) is 14.7 Å². The topological polar surface area (TPSA) is 102 Å². The van der Waals surface area contributed by atoms with Crippen molar-refractivity contribution in [3.8, 4) is 22.6 Å². The zero-order valence-corrected chi connectivity index (χ0v) is 17.8. The quantitative estimate of drug-likeness (QED) is 0.311. The third-order valence-corrected chi connectivity index (χ3v) is 5.76. The lowest BCUT2D eigenvalue weighted by Crippen LogP contribution is -2.13. The van der Waals surface area contributed by atoms with Crippen LogP contribution in [0.15, 0.2) is 88.7 Å².